The van der Waals surface area contributed by atoms with Gasteiger partial charge in [-0.25, -0.2) is 9.78 Å². The van der Waals surface area contributed by atoms with Crippen molar-refractivity contribution in [1.29, 1.82) is 0 Å². The van der Waals surface area contributed by atoms with Crippen molar-refractivity contribution in [3.63, 3.8) is 0 Å². The molecular weight excluding hydrogens is 276 g/mol. The van der Waals surface area contributed by atoms with Gasteiger partial charge in [-0.15, -0.1) is 0 Å². The van der Waals surface area contributed by atoms with Crippen molar-refractivity contribution in [1.82, 2.24) is 19.8 Å². The predicted molar refractivity (Wildman–Crippen MR) is 87.9 cm³/mol. The van der Waals surface area contributed by atoms with E-state index < -0.39 is 0 Å². The van der Waals surface area contributed by atoms with Gasteiger partial charge in [0.05, 0.1) is 11.0 Å². The molecule has 2 heterocycles. The van der Waals surface area contributed by atoms with Gasteiger partial charge in [0.1, 0.15) is 5.82 Å². The number of benzene rings is 1. The smallest absolute Gasteiger partial charge is 0.317 e. The molecule has 1 aromatic carbocycles. The zero-order valence-electron chi connectivity index (χ0n) is 13.2. The highest BCUT2D eigenvalue weighted by Crippen LogP contribution is 2.15. The summed E-state index contributed by atoms with van der Waals surface area (Å²) in [4.78, 5) is 18.7. The van der Waals surface area contributed by atoms with E-state index in [1.807, 2.05) is 30.0 Å². The van der Waals surface area contributed by atoms with Crippen LogP contribution in [0.2, 0.25) is 0 Å². The van der Waals surface area contributed by atoms with E-state index in [1.165, 1.54) is 12.8 Å². The lowest BCUT2D eigenvalue weighted by Gasteiger charge is -2.21. The maximum Gasteiger partial charge on any atom is 0.317 e. The first kappa shape index (κ1) is 14.9. The first-order valence-electron chi connectivity index (χ1n) is 8.20. The van der Waals surface area contributed by atoms with E-state index in [0.717, 1.165) is 49.3 Å². The molecule has 0 atom stereocenters. The topological polar surface area (TPSA) is 50.2 Å². The molecule has 5 heteroatoms. The highest BCUT2D eigenvalue weighted by molar-refractivity contribution is 5.76. The Labute approximate surface area is 131 Å². The zero-order chi connectivity index (χ0) is 15.4. The Balaban J connectivity index is 1.57. The maximum absolute atomic E-state index is 12.2. The molecule has 2 aromatic rings. The number of aromatic nitrogens is 2. The molecule has 1 N–H and O–H groups in total. The molecule has 0 saturated carbocycles. The monoisotopic (exact) mass is 300 g/mol. The molecule has 5 nitrogen and oxygen atoms in total. The van der Waals surface area contributed by atoms with Crippen molar-refractivity contribution in [3.8, 4) is 0 Å². The second-order valence-electron chi connectivity index (χ2n) is 5.93. The number of nitrogens with zero attached hydrogens (tertiary/aromatic N) is 3. The largest absolute Gasteiger partial charge is 0.336 e. The number of rotatable bonds is 3. The molecule has 22 heavy (non-hydrogen) atoms. The number of amides is 2. The fraction of sp³-hybridized carbons (Fsp3) is 0.529. The highest BCUT2D eigenvalue weighted by Gasteiger charge is 2.15. The van der Waals surface area contributed by atoms with Crippen molar-refractivity contribution in [2.24, 2.45) is 0 Å². The van der Waals surface area contributed by atoms with Crippen LogP contribution >= 0.6 is 0 Å². The second-order valence-corrected chi connectivity index (χ2v) is 5.93. The SMILES string of the molecule is Cc1nc2ccccc2n1CCNC(=O)N1CCCCCC1. The van der Waals surface area contributed by atoms with Gasteiger partial charge in [0, 0.05) is 26.2 Å². The minimum atomic E-state index is 0.0731. The molecule has 1 fully saturated rings. The third-order valence-corrected chi connectivity index (χ3v) is 4.35. The fourth-order valence-corrected chi connectivity index (χ4v) is 3.14. The van der Waals surface area contributed by atoms with E-state index in [-0.39, 0.29) is 6.03 Å². The van der Waals surface area contributed by atoms with Crippen molar-refractivity contribution in [3.05, 3.63) is 30.1 Å². The number of aryl methyl sites for hydroxylation is 1. The highest BCUT2D eigenvalue weighted by atomic mass is 16.2. The summed E-state index contributed by atoms with van der Waals surface area (Å²) in [5, 5.41) is 3.05. The summed E-state index contributed by atoms with van der Waals surface area (Å²) >= 11 is 0. The number of hydrogen-bond acceptors (Lipinski definition) is 2. The number of likely N-dealkylation sites (tertiary alicyclic amines) is 1. The molecule has 0 radical (unpaired) electrons. The standard InChI is InChI=1S/C17H24N4O/c1-14-19-15-8-4-5-9-16(15)21(14)13-10-18-17(22)20-11-6-2-3-7-12-20/h4-5,8-9H,2-3,6-7,10-13H2,1H3,(H,18,22). The Bertz CT molecular complexity index is 641. The molecule has 0 aliphatic carbocycles. The Kier molecular flexibility index (Phi) is 4.61. The molecule has 1 aromatic heterocycles. The van der Waals surface area contributed by atoms with E-state index in [1.54, 1.807) is 0 Å². The summed E-state index contributed by atoms with van der Waals surface area (Å²) < 4.78 is 2.16. The van der Waals surface area contributed by atoms with Gasteiger partial charge in [-0.2, -0.15) is 0 Å². The normalized spacial score (nSPS) is 15.8. The minimum absolute atomic E-state index is 0.0731. The zero-order valence-corrected chi connectivity index (χ0v) is 13.2. The first-order chi connectivity index (χ1) is 10.8. The van der Waals surface area contributed by atoms with Gasteiger partial charge < -0.3 is 14.8 Å². The van der Waals surface area contributed by atoms with E-state index in [9.17, 15) is 4.79 Å². The Morgan fingerprint density at radius 2 is 1.91 bits per heavy atom. The lowest BCUT2D eigenvalue weighted by Crippen LogP contribution is -2.41. The van der Waals surface area contributed by atoms with Gasteiger partial charge in [-0.3, -0.25) is 0 Å². The van der Waals surface area contributed by atoms with Crippen LogP contribution in [0.3, 0.4) is 0 Å². The number of fused-ring (bicyclic) bond motifs is 1. The van der Waals surface area contributed by atoms with Crippen LogP contribution in [-0.2, 0) is 6.54 Å². The van der Waals surface area contributed by atoms with Crippen LogP contribution in [-0.4, -0.2) is 40.1 Å². The number of imidazole rings is 1. The summed E-state index contributed by atoms with van der Waals surface area (Å²) in [6.45, 7) is 5.18. The average Bonchev–Trinajstić information content (AvgIpc) is 2.71. The lowest BCUT2D eigenvalue weighted by atomic mass is 10.2. The summed E-state index contributed by atoms with van der Waals surface area (Å²) in [7, 11) is 0. The average molecular weight is 300 g/mol. The van der Waals surface area contributed by atoms with E-state index in [2.05, 4.69) is 20.9 Å². The molecule has 1 aliphatic rings. The van der Waals surface area contributed by atoms with Crippen LogP contribution in [0.1, 0.15) is 31.5 Å². The maximum atomic E-state index is 12.2. The molecule has 1 saturated heterocycles. The lowest BCUT2D eigenvalue weighted by molar-refractivity contribution is 0.199. The molecular formula is C17H24N4O. The van der Waals surface area contributed by atoms with Crippen molar-refractivity contribution < 1.29 is 4.79 Å². The third kappa shape index (κ3) is 3.24. The number of carbonyl (C=O) groups is 1. The van der Waals surface area contributed by atoms with E-state index in [4.69, 9.17) is 0 Å². The van der Waals surface area contributed by atoms with Crippen LogP contribution < -0.4 is 5.32 Å². The Morgan fingerprint density at radius 3 is 2.68 bits per heavy atom. The molecule has 2 amide bonds. The summed E-state index contributed by atoms with van der Waals surface area (Å²) in [6, 6.07) is 8.19. The Hall–Kier alpha value is -2.04. The summed E-state index contributed by atoms with van der Waals surface area (Å²) in [5.41, 5.74) is 2.14. The summed E-state index contributed by atoms with van der Waals surface area (Å²) in [6.07, 6.45) is 4.73. The number of urea groups is 1. The van der Waals surface area contributed by atoms with E-state index >= 15 is 0 Å². The second kappa shape index (κ2) is 6.81. The molecule has 0 bridgehead atoms. The van der Waals surface area contributed by atoms with Crippen LogP contribution in [0, 0.1) is 6.92 Å². The quantitative estimate of drug-likeness (QED) is 0.947. The number of nitrogens with one attached hydrogen (secondary N) is 1. The molecule has 1 aliphatic heterocycles. The first-order valence-corrected chi connectivity index (χ1v) is 8.20. The number of carbonyl (C=O) groups excluding carboxylic acids is 1. The third-order valence-electron chi connectivity index (χ3n) is 4.35. The van der Waals surface area contributed by atoms with Gasteiger partial charge >= 0.3 is 6.03 Å². The molecule has 118 valence electrons. The van der Waals surface area contributed by atoms with Gasteiger partial charge in [0.2, 0.25) is 0 Å². The number of para-hydroxylation sites is 2. The van der Waals surface area contributed by atoms with Crippen LogP contribution in [0.15, 0.2) is 24.3 Å². The van der Waals surface area contributed by atoms with Gasteiger partial charge in [0.15, 0.2) is 0 Å². The fourth-order valence-electron chi connectivity index (χ4n) is 3.14. The Morgan fingerprint density at radius 1 is 1.18 bits per heavy atom. The van der Waals surface area contributed by atoms with Crippen LogP contribution in [0.5, 0.6) is 0 Å². The summed E-state index contributed by atoms with van der Waals surface area (Å²) in [5.74, 6) is 0.991. The van der Waals surface area contributed by atoms with Crippen molar-refractivity contribution in [2.45, 2.75) is 39.2 Å². The van der Waals surface area contributed by atoms with Crippen molar-refractivity contribution >= 4 is 17.1 Å². The molecule has 3 rings (SSSR count). The number of hydrogen-bond donors (Lipinski definition) is 1. The van der Waals surface area contributed by atoms with Crippen LogP contribution in [0.25, 0.3) is 11.0 Å². The molecule has 0 unspecified atom stereocenters. The van der Waals surface area contributed by atoms with Crippen LogP contribution in [0.4, 0.5) is 4.79 Å². The minimum Gasteiger partial charge on any atom is -0.336 e. The van der Waals surface area contributed by atoms with Gasteiger partial charge in [0.25, 0.3) is 0 Å². The van der Waals surface area contributed by atoms with Gasteiger partial charge in [-0.1, -0.05) is 25.0 Å². The molecule has 0 spiro atoms. The predicted octanol–water partition coefficient (Wildman–Crippen LogP) is 2.93. The van der Waals surface area contributed by atoms with Gasteiger partial charge in [-0.05, 0) is 31.9 Å². The van der Waals surface area contributed by atoms with Crippen molar-refractivity contribution in [2.75, 3.05) is 19.6 Å². The van der Waals surface area contributed by atoms with E-state index in [0.29, 0.717) is 6.54 Å².